The van der Waals surface area contributed by atoms with Crippen LogP contribution in [0.3, 0.4) is 0 Å². The van der Waals surface area contributed by atoms with Crippen molar-refractivity contribution in [3.8, 4) is 5.75 Å². The van der Waals surface area contributed by atoms with Crippen molar-refractivity contribution in [3.05, 3.63) is 48.4 Å². The fourth-order valence-electron chi connectivity index (χ4n) is 2.43. The van der Waals surface area contributed by atoms with E-state index >= 15 is 0 Å². The molecule has 2 N–H and O–H groups in total. The van der Waals surface area contributed by atoms with E-state index in [0.717, 1.165) is 42.5 Å². The zero-order valence-electron chi connectivity index (χ0n) is 17.2. The molecule has 0 unspecified atom stereocenters. The van der Waals surface area contributed by atoms with Gasteiger partial charge >= 0.3 is 0 Å². The molecule has 0 amide bonds. The Morgan fingerprint density at radius 1 is 1.10 bits per heavy atom. The van der Waals surface area contributed by atoms with Crippen LogP contribution in [0.25, 0.3) is 0 Å². The van der Waals surface area contributed by atoms with Crippen molar-refractivity contribution < 1.29 is 18.6 Å². The van der Waals surface area contributed by atoms with E-state index in [0.29, 0.717) is 33.0 Å². The lowest BCUT2D eigenvalue weighted by Gasteiger charge is -2.13. The molecule has 0 saturated carbocycles. The van der Waals surface area contributed by atoms with Crippen LogP contribution < -0.4 is 15.4 Å². The molecule has 162 valence electrons. The third kappa shape index (κ3) is 11.1. The number of hydrogen-bond donors (Lipinski definition) is 2. The van der Waals surface area contributed by atoms with Gasteiger partial charge in [0, 0.05) is 51.6 Å². The summed E-state index contributed by atoms with van der Waals surface area (Å²) in [5.74, 6) is 2.40. The number of hydrogen-bond acceptors (Lipinski definition) is 5. The highest BCUT2D eigenvalue weighted by atomic mass is 127. The van der Waals surface area contributed by atoms with Crippen LogP contribution in [0, 0.1) is 0 Å². The average Bonchev–Trinajstić information content (AvgIpc) is 3.22. The summed E-state index contributed by atoms with van der Waals surface area (Å²) >= 11 is 0. The van der Waals surface area contributed by atoms with Gasteiger partial charge in [-0.1, -0.05) is 6.07 Å². The zero-order valence-corrected chi connectivity index (χ0v) is 19.5. The number of nitrogens with zero attached hydrogens (tertiary/aromatic N) is 1. The minimum Gasteiger partial charge on any atom is -0.493 e. The Labute approximate surface area is 190 Å². The Morgan fingerprint density at radius 2 is 2.00 bits per heavy atom. The molecule has 0 fully saturated rings. The number of furan rings is 1. The van der Waals surface area contributed by atoms with Crippen molar-refractivity contribution in [2.24, 2.45) is 4.99 Å². The Balaban J connectivity index is 0.00000420. The molecule has 0 aliphatic heterocycles. The number of ether oxygens (including phenoxy) is 3. The van der Waals surface area contributed by atoms with E-state index in [1.807, 2.05) is 43.3 Å². The maximum absolute atomic E-state index is 5.74. The van der Waals surface area contributed by atoms with Gasteiger partial charge in [-0.15, -0.1) is 24.0 Å². The smallest absolute Gasteiger partial charge is 0.195 e. The van der Waals surface area contributed by atoms with Gasteiger partial charge < -0.3 is 29.3 Å². The highest BCUT2D eigenvalue weighted by molar-refractivity contribution is 14.0. The Bertz CT molecular complexity index is 680. The minimum atomic E-state index is 0. The molecular weight excluding hydrogens is 485 g/mol. The van der Waals surface area contributed by atoms with Gasteiger partial charge in [0.05, 0.1) is 12.9 Å². The van der Waals surface area contributed by atoms with Crippen LogP contribution in [0.4, 0.5) is 5.69 Å². The van der Waals surface area contributed by atoms with Gasteiger partial charge in [-0.3, -0.25) is 4.99 Å². The maximum Gasteiger partial charge on any atom is 0.195 e. The van der Waals surface area contributed by atoms with Gasteiger partial charge in [0.1, 0.15) is 18.1 Å². The number of rotatable bonds is 13. The predicted octanol–water partition coefficient (Wildman–Crippen LogP) is 4.30. The molecule has 1 aromatic heterocycles. The Kier molecular flexibility index (Phi) is 14.0. The van der Waals surface area contributed by atoms with Gasteiger partial charge in [0.25, 0.3) is 0 Å². The predicted molar refractivity (Wildman–Crippen MR) is 126 cm³/mol. The minimum absolute atomic E-state index is 0. The topological polar surface area (TPSA) is 77.3 Å². The lowest BCUT2D eigenvalue weighted by atomic mass is 10.3. The largest absolute Gasteiger partial charge is 0.493 e. The molecule has 0 aliphatic rings. The second kappa shape index (κ2) is 16.1. The Morgan fingerprint density at radius 3 is 2.76 bits per heavy atom. The summed E-state index contributed by atoms with van der Waals surface area (Å²) in [6.45, 7) is 5.94. The second-order valence-corrected chi connectivity index (χ2v) is 6.09. The highest BCUT2D eigenvalue weighted by Crippen LogP contribution is 2.17. The van der Waals surface area contributed by atoms with Gasteiger partial charge in [-0.05, 0) is 37.6 Å². The van der Waals surface area contributed by atoms with Crippen LogP contribution in [-0.2, 0) is 16.1 Å². The van der Waals surface area contributed by atoms with Crippen LogP contribution in [0.15, 0.2) is 52.1 Å². The molecule has 0 spiro atoms. The number of nitrogens with one attached hydrogen (secondary N) is 2. The molecule has 7 nitrogen and oxygen atoms in total. The lowest BCUT2D eigenvalue weighted by molar-refractivity contribution is 0.105. The number of methoxy groups -OCH3 is 1. The molecule has 0 aliphatic carbocycles. The molecule has 2 aromatic rings. The third-order valence-corrected chi connectivity index (χ3v) is 3.74. The van der Waals surface area contributed by atoms with Gasteiger partial charge in [-0.25, -0.2) is 0 Å². The normalized spacial score (nSPS) is 11.0. The van der Waals surface area contributed by atoms with Crippen LogP contribution in [0.1, 0.15) is 25.5 Å². The monoisotopic (exact) mass is 517 g/mol. The summed E-state index contributed by atoms with van der Waals surface area (Å²) in [5.41, 5.74) is 0.929. The van der Waals surface area contributed by atoms with Crippen molar-refractivity contribution in [2.75, 3.05) is 45.3 Å². The standard InChI is InChI=1S/C21H31N3O4.HI/c1-3-22-21(23-11-6-13-26-17-20-10-5-14-28-20)24-18-8-4-9-19(16-18)27-15-7-12-25-2;/h4-5,8-10,14,16H,3,6-7,11-13,15,17H2,1-2H3,(H2,22,23,24);1H. The van der Waals surface area contributed by atoms with Crippen LogP contribution >= 0.6 is 24.0 Å². The highest BCUT2D eigenvalue weighted by Gasteiger charge is 2.02. The van der Waals surface area contributed by atoms with Gasteiger partial charge in [0.2, 0.25) is 0 Å². The van der Waals surface area contributed by atoms with Crippen molar-refractivity contribution in [1.82, 2.24) is 5.32 Å². The molecular formula is C21H32IN3O4. The van der Waals surface area contributed by atoms with Crippen molar-refractivity contribution in [2.45, 2.75) is 26.4 Å². The summed E-state index contributed by atoms with van der Waals surface area (Å²) in [5, 5.41) is 6.56. The number of anilines is 1. The van der Waals surface area contributed by atoms with Gasteiger partial charge in [0.15, 0.2) is 5.96 Å². The fourth-order valence-corrected chi connectivity index (χ4v) is 2.43. The van der Waals surface area contributed by atoms with Gasteiger partial charge in [-0.2, -0.15) is 0 Å². The first kappa shape index (κ1) is 25.3. The molecule has 0 bridgehead atoms. The molecule has 1 heterocycles. The van der Waals surface area contributed by atoms with E-state index in [9.17, 15) is 0 Å². The molecule has 1 aromatic carbocycles. The summed E-state index contributed by atoms with van der Waals surface area (Å²) in [6, 6.07) is 11.6. The lowest BCUT2D eigenvalue weighted by Crippen LogP contribution is -2.30. The fraction of sp³-hybridized carbons (Fsp3) is 0.476. The van der Waals surface area contributed by atoms with Crippen LogP contribution in [-0.4, -0.2) is 46.0 Å². The zero-order chi connectivity index (χ0) is 19.9. The maximum atomic E-state index is 5.74. The number of guanidine groups is 1. The van der Waals surface area contributed by atoms with Crippen molar-refractivity contribution >= 4 is 35.6 Å². The first-order valence-corrected chi connectivity index (χ1v) is 9.69. The third-order valence-electron chi connectivity index (χ3n) is 3.74. The Hall–Kier alpha value is -1.78. The SMILES string of the molecule is CCNC(=NCCCOCc1ccco1)Nc1cccc(OCCCOC)c1.I. The molecule has 2 rings (SSSR count). The van der Waals surface area contributed by atoms with E-state index < -0.39 is 0 Å². The summed E-state index contributed by atoms with van der Waals surface area (Å²) < 4.78 is 21.6. The van der Waals surface area contributed by atoms with Crippen molar-refractivity contribution in [3.63, 3.8) is 0 Å². The number of aliphatic imine (C=N–C) groups is 1. The second-order valence-electron chi connectivity index (χ2n) is 6.09. The van der Waals surface area contributed by atoms with Crippen LogP contribution in [0.5, 0.6) is 5.75 Å². The van der Waals surface area contributed by atoms with E-state index in [4.69, 9.17) is 18.6 Å². The molecule has 0 saturated heterocycles. The first-order valence-electron chi connectivity index (χ1n) is 9.69. The molecule has 0 atom stereocenters. The number of benzene rings is 1. The molecule has 0 radical (unpaired) electrons. The quantitative estimate of drug-likeness (QED) is 0.179. The summed E-state index contributed by atoms with van der Waals surface area (Å²) in [7, 11) is 1.69. The summed E-state index contributed by atoms with van der Waals surface area (Å²) in [4.78, 5) is 4.59. The first-order chi connectivity index (χ1) is 13.8. The van der Waals surface area contributed by atoms with E-state index in [-0.39, 0.29) is 24.0 Å². The average molecular weight is 517 g/mol. The van der Waals surface area contributed by atoms with Crippen LogP contribution in [0.2, 0.25) is 0 Å². The van der Waals surface area contributed by atoms with E-state index in [1.165, 1.54) is 0 Å². The molecule has 8 heteroatoms. The molecule has 29 heavy (non-hydrogen) atoms. The van der Waals surface area contributed by atoms with E-state index in [1.54, 1.807) is 13.4 Å². The van der Waals surface area contributed by atoms with Crippen molar-refractivity contribution in [1.29, 1.82) is 0 Å². The number of halogens is 1. The summed E-state index contributed by atoms with van der Waals surface area (Å²) in [6.07, 6.45) is 3.34. The van der Waals surface area contributed by atoms with E-state index in [2.05, 4.69) is 15.6 Å².